The zero-order valence-electron chi connectivity index (χ0n) is 9.84. The van der Waals surface area contributed by atoms with E-state index in [-0.39, 0.29) is 0 Å². The topological polar surface area (TPSA) is 95.0 Å². The number of carboxylic acid groups (broad SMARTS) is 1. The van der Waals surface area contributed by atoms with E-state index in [2.05, 4.69) is 20.6 Å². The summed E-state index contributed by atoms with van der Waals surface area (Å²) in [6.45, 7) is 4.66. The molecule has 1 aliphatic heterocycles. The maximum Gasteiger partial charge on any atom is 0.323 e. The van der Waals surface area contributed by atoms with Gasteiger partial charge in [0.15, 0.2) is 0 Å². The summed E-state index contributed by atoms with van der Waals surface area (Å²) < 4.78 is 0. The molecule has 0 unspecified atom stereocenters. The summed E-state index contributed by atoms with van der Waals surface area (Å²) in [5, 5.41) is 22.9. The summed E-state index contributed by atoms with van der Waals surface area (Å²) in [4.78, 5) is 13.1. The van der Waals surface area contributed by atoms with Crippen LogP contribution in [0.2, 0.25) is 0 Å². The number of aliphatic carboxylic acids is 1. The van der Waals surface area contributed by atoms with Crippen LogP contribution in [0.15, 0.2) is 6.08 Å². The van der Waals surface area contributed by atoms with Gasteiger partial charge in [-0.05, 0) is 25.5 Å². The van der Waals surface area contributed by atoms with E-state index >= 15 is 0 Å². The highest BCUT2D eigenvalue weighted by Crippen LogP contribution is 2.24. The molecule has 0 aromatic carbocycles. The molecule has 0 aliphatic carbocycles. The van der Waals surface area contributed by atoms with Gasteiger partial charge in [-0.15, -0.1) is 10.2 Å². The lowest BCUT2D eigenvalue weighted by Gasteiger charge is -2.37. The highest BCUT2D eigenvalue weighted by Gasteiger charge is 2.36. The van der Waals surface area contributed by atoms with E-state index in [0.717, 1.165) is 18.5 Å². The van der Waals surface area contributed by atoms with Crippen molar-refractivity contribution in [2.24, 2.45) is 0 Å². The molecule has 0 bridgehead atoms. The molecule has 0 saturated heterocycles. The van der Waals surface area contributed by atoms with Gasteiger partial charge in [0, 0.05) is 18.7 Å². The highest BCUT2D eigenvalue weighted by molar-refractivity contribution is 5.78. The fourth-order valence-electron chi connectivity index (χ4n) is 1.82. The van der Waals surface area contributed by atoms with Gasteiger partial charge < -0.3 is 5.11 Å². The van der Waals surface area contributed by atoms with Gasteiger partial charge in [-0.2, -0.15) is 5.21 Å². The Kier molecular flexibility index (Phi) is 2.93. The maximum absolute atomic E-state index is 11.2. The molecule has 1 aromatic heterocycles. The van der Waals surface area contributed by atoms with Crippen LogP contribution in [-0.4, -0.2) is 55.2 Å². The molecule has 0 spiro atoms. The maximum atomic E-state index is 11.2. The summed E-state index contributed by atoms with van der Waals surface area (Å²) in [6.07, 6.45) is 2.82. The molecule has 0 amide bonds. The van der Waals surface area contributed by atoms with E-state index < -0.39 is 11.5 Å². The molecule has 0 radical (unpaired) electrons. The van der Waals surface area contributed by atoms with Crippen molar-refractivity contribution in [1.29, 1.82) is 0 Å². The molecule has 1 aromatic rings. The largest absolute Gasteiger partial charge is 0.480 e. The van der Waals surface area contributed by atoms with Crippen molar-refractivity contribution in [2.75, 3.05) is 13.1 Å². The van der Waals surface area contributed by atoms with Gasteiger partial charge in [0.25, 0.3) is 0 Å². The minimum Gasteiger partial charge on any atom is -0.480 e. The predicted molar refractivity (Wildman–Crippen MR) is 60.1 cm³/mol. The Morgan fingerprint density at radius 1 is 1.59 bits per heavy atom. The number of aromatic nitrogens is 4. The van der Waals surface area contributed by atoms with Crippen LogP contribution in [0.1, 0.15) is 26.1 Å². The number of hydrogen-bond acceptors (Lipinski definition) is 5. The average molecular weight is 237 g/mol. The Morgan fingerprint density at radius 3 is 2.94 bits per heavy atom. The van der Waals surface area contributed by atoms with E-state index in [4.69, 9.17) is 0 Å². The molecular formula is C10H15N5O2. The fourth-order valence-corrected chi connectivity index (χ4v) is 1.82. The third kappa shape index (κ3) is 2.19. The molecular weight excluding hydrogens is 222 g/mol. The van der Waals surface area contributed by atoms with Crippen LogP contribution < -0.4 is 0 Å². The van der Waals surface area contributed by atoms with Crippen LogP contribution in [0.4, 0.5) is 0 Å². The number of nitrogens with one attached hydrogen (secondary N) is 1. The van der Waals surface area contributed by atoms with Crippen LogP contribution in [0.3, 0.4) is 0 Å². The lowest BCUT2D eigenvalue weighted by molar-refractivity contribution is -0.149. The Balaban J connectivity index is 2.17. The number of carboxylic acids is 1. The fraction of sp³-hybridized carbons (Fsp3) is 0.600. The summed E-state index contributed by atoms with van der Waals surface area (Å²) in [7, 11) is 0. The first-order valence-corrected chi connectivity index (χ1v) is 5.43. The Morgan fingerprint density at radius 2 is 2.35 bits per heavy atom. The van der Waals surface area contributed by atoms with Crippen molar-refractivity contribution < 1.29 is 9.90 Å². The predicted octanol–water partition coefficient (Wildman–Crippen LogP) is 0.152. The molecule has 0 atom stereocenters. The van der Waals surface area contributed by atoms with Crippen molar-refractivity contribution >= 4 is 11.5 Å². The second-order valence-corrected chi connectivity index (χ2v) is 4.54. The van der Waals surface area contributed by atoms with E-state index in [9.17, 15) is 9.90 Å². The van der Waals surface area contributed by atoms with Crippen molar-refractivity contribution in [3.63, 3.8) is 0 Å². The van der Waals surface area contributed by atoms with E-state index in [1.165, 1.54) is 0 Å². The Hall–Kier alpha value is -1.76. The first-order valence-electron chi connectivity index (χ1n) is 5.43. The van der Waals surface area contributed by atoms with Crippen LogP contribution in [0, 0.1) is 0 Å². The van der Waals surface area contributed by atoms with Crippen LogP contribution in [-0.2, 0) is 4.79 Å². The van der Waals surface area contributed by atoms with E-state index in [0.29, 0.717) is 12.4 Å². The molecule has 2 heterocycles. The molecule has 2 N–H and O–H groups in total. The van der Waals surface area contributed by atoms with Gasteiger partial charge in [-0.3, -0.25) is 9.69 Å². The summed E-state index contributed by atoms with van der Waals surface area (Å²) >= 11 is 0. The van der Waals surface area contributed by atoms with Gasteiger partial charge in [0.05, 0.1) is 0 Å². The number of aromatic amines is 1. The minimum absolute atomic E-state index is 0.527. The minimum atomic E-state index is -0.886. The van der Waals surface area contributed by atoms with Gasteiger partial charge >= 0.3 is 5.97 Å². The normalized spacial score (nSPS) is 17.9. The number of rotatable bonds is 3. The van der Waals surface area contributed by atoms with Crippen molar-refractivity contribution in [3.05, 3.63) is 11.9 Å². The Labute approximate surface area is 98.5 Å². The Bertz CT molecular complexity index is 438. The smallest absolute Gasteiger partial charge is 0.323 e. The molecule has 17 heavy (non-hydrogen) atoms. The van der Waals surface area contributed by atoms with Crippen LogP contribution in [0.5, 0.6) is 0 Å². The molecule has 92 valence electrons. The number of H-pyrrole nitrogens is 1. The molecule has 0 saturated carbocycles. The third-order valence-electron chi connectivity index (χ3n) is 3.10. The molecule has 0 fully saturated rings. The third-order valence-corrected chi connectivity index (χ3v) is 3.10. The molecule has 1 aliphatic rings. The first-order chi connectivity index (χ1) is 8.01. The summed E-state index contributed by atoms with van der Waals surface area (Å²) in [6, 6.07) is 0. The van der Waals surface area contributed by atoms with Crippen molar-refractivity contribution in [1.82, 2.24) is 25.5 Å². The zero-order valence-corrected chi connectivity index (χ0v) is 9.84. The first kappa shape index (κ1) is 11.7. The zero-order chi connectivity index (χ0) is 12.5. The number of hydrogen-bond donors (Lipinski definition) is 2. The van der Waals surface area contributed by atoms with Gasteiger partial charge in [0.1, 0.15) is 5.54 Å². The number of carbonyl (C=O) groups is 1. The van der Waals surface area contributed by atoms with Gasteiger partial charge in [-0.1, -0.05) is 6.08 Å². The average Bonchev–Trinajstić information content (AvgIpc) is 2.82. The van der Waals surface area contributed by atoms with E-state index in [1.54, 1.807) is 13.8 Å². The second-order valence-electron chi connectivity index (χ2n) is 4.54. The molecule has 7 heteroatoms. The van der Waals surface area contributed by atoms with E-state index in [1.807, 2.05) is 11.0 Å². The SMILES string of the molecule is CC(C)(C(=O)O)N1CCC=C(c2nn[nH]n2)C1. The quantitative estimate of drug-likeness (QED) is 0.777. The second kappa shape index (κ2) is 4.25. The summed E-state index contributed by atoms with van der Waals surface area (Å²) in [5.74, 6) is -0.289. The standard InChI is InChI=1S/C10H15N5O2/c1-10(2,9(16)17)15-5-3-4-7(6-15)8-11-13-14-12-8/h4H,3,5-6H2,1-2H3,(H,16,17)(H,11,12,13,14). The summed E-state index contributed by atoms with van der Waals surface area (Å²) in [5.41, 5.74) is 0.0304. The molecule has 7 nitrogen and oxygen atoms in total. The lowest BCUT2D eigenvalue weighted by atomic mass is 9.98. The number of nitrogens with zero attached hydrogens (tertiary/aromatic N) is 4. The number of tetrazole rings is 1. The highest BCUT2D eigenvalue weighted by atomic mass is 16.4. The lowest BCUT2D eigenvalue weighted by Crippen LogP contribution is -2.51. The molecule has 2 rings (SSSR count). The monoisotopic (exact) mass is 237 g/mol. The van der Waals surface area contributed by atoms with Crippen LogP contribution in [0.25, 0.3) is 5.57 Å². The van der Waals surface area contributed by atoms with Gasteiger partial charge in [0.2, 0.25) is 5.82 Å². The van der Waals surface area contributed by atoms with Crippen molar-refractivity contribution in [3.8, 4) is 0 Å². The van der Waals surface area contributed by atoms with Crippen LogP contribution >= 0.6 is 0 Å². The van der Waals surface area contributed by atoms with Gasteiger partial charge in [-0.25, -0.2) is 0 Å². The van der Waals surface area contributed by atoms with Crippen molar-refractivity contribution in [2.45, 2.75) is 25.8 Å².